The summed E-state index contributed by atoms with van der Waals surface area (Å²) in [6.07, 6.45) is 0.0664. The van der Waals surface area contributed by atoms with Crippen molar-refractivity contribution in [1.82, 2.24) is 34.1 Å². The molecule has 7 rings (SSSR count). The van der Waals surface area contributed by atoms with Gasteiger partial charge >= 0.3 is 0 Å². The quantitative estimate of drug-likeness (QED) is 0.273. The number of fused-ring (bicyclic) bond motifs is 5. The van der Waals surface area contributed by atoms with E-state index in [1.165, 1.54) is 17.2 Å². The van der Waals surface area contributed by atoms with Crippen LogP contribution in [0.2, 0.25) is 0 Å². The Labute approximate surface area is 232 Å². The molecule has 0 aromatic carbocycles. The molecule has 41 heavy (non-hydrogen) atoms. The van der Waals surface area contributed by atoms with Crippen molar-refractivity contribution in [3.8, 4) is 0 Å². The SMILES string of the molecule is Nc1nc2c(ncn2[C@@H]2O[C@@H]3COPOC[C@H]4[C@H](F)[C@H](n5ccc6c(=O)[nH]cnc65)O[C@@H]4COPO[C@@H]2C3)c(=O)[nH]1. The number of aromatic amines is 2. The maximum absolute atomic E-state index is 15.8. The number of alkyl halides is 1. The predicted octanol–water partition coefficient (Wildman–Crippen LogP) is 1.04. The van der Waals surface area contributed by atoms with Crippen molar-refractivity contribution in [1.29, 1.82) is 0 Å². The maximum atomic E-state index is 15.8. The largest absolute Gasteiger partial charge is 0.369 e. The number of halogens is 1. The standard InChI is InChI=1S/C22H25FN8O8P2/c23-14-11-5-35-40-34-4-9-3-12(20(37-9)31-8-27-15-17(31)28-22(24)29-19(15)33)39-41-36-6-13(11)38-21(14)30-2-1-10-16(30)25-7-26-18(10)32/h1-2,7-9,11-14,20-21,40-41H,3-6H2,(H,25,26,32)(H3,24,28,29,33)/t9-,11+,12+,13+,14-,20+,21+/m0/s1. The Morgan fingerprint density at radius 3 is 2.73 bits per heavy atom. The number of anilines is 1. The number of nitrogens with two attached hydrogens (primary N) is 1. The smallest absolute Gasteiger partial charge is 0.280 e. The molecule has 16 nitrogen and oxygen atoms in total. The summed E-state index contributed by atoms with van der Waals surface area (Å²) >= 11 is 0. The van der Waals surface area contributed by atoms with Gasteiger partial charge in [-0.15, -0.1) is 0 Å². The van der Waals surface area contributed by atoms with Gasteiger partial charge in [0.25, 0.3) is 11.1 Å². The Morgan fingerprint density at radius 2 is 1.83 bits per heavy atom. The van der Waals surface area contributed by atoms with Gasteiger partial charge in [-0.1, -0.05) is 0 Å². The Morgan fingerprint density at radius 1 is 0.976 bits per heavy atom. The van der Waals surface area contributed by atoms with Gasteiger partial charge in [0.05, 0.1) is 50.1 Å². The fourth-order valence-corrected chi connectivity index (χ4v) is 6.59. The van der Waals surface area contributed by atoms with E-state index >= 15 is 4.39 Å². The summed E-state index contributed by atoms with van der Waals surface area (Å²) in [6.45, 7) is 0.258. The van der Waals surface area contributed by atoms with E-state index in [1.54, 1.807) is 16.8 Å². The number of ether oxygens (including phenoxy) is 2. The molecule has 0 aliphatic carbocycles. The van der Waals surface area contributed by atoms with Gasteiger partial charge in [-0.05, 0) is 6.07 Å². The van der Waals surface area contributed by atoms with Crippen molar-refractivity contribution in [2.75, 3.05) is 25.6 Å². The molecule has 0 saturated carbocycles. The summed E-state index contributed by atoms with van der Waals surface area (Å²) in [5, 5.41) is 0.332. The highest BCUT2D eigenvalue weighted by molar-refractivity contribution is 7.26. The van der Waals surface area contributed by atoms with E-state index in [0.29, 0.717) is 17.5 Å². The maximum Gasteiger partial charge on any atom is 0.280 e. The zero-order valence-corrected chi connectivity index (χ0v) is 23.1. The fraction of sp³-hybridized carbons (Fsp3) is 0.500. The molecular weight excluding hydrogens is 585 g/mol. The van der Waals surface area contributed by atoms with Crippen LogP contribution in [0, 0.1) is 5.92 Å². The van der Waals surface area contributed by atoms with Crippen LogP contribution in [0.15, 0.2) is 34.5 Å². The number of aromatic nitrogens is 7. The summed E-state index contributed by atoms with van der Waals surface area (Å²) in [6, 6.07) is 1.57. The van der Waals surface area contributed by atoms with Crippen LogP contribution in [0.4, 0.5) is 10.3 Å². The van der Waals surface area contributed by atoms with Gasteiger partial charge in [-0.25, -0.2) is 14.4 Å². The van der Waals surface area contributed by atoms with Gasteiger partial charge in [-0.2, -0.15) is 4.98 Å². The van der Waals surface area contributed by atoms with E-state index in [9.17, 15) is 9.59 Å². The number of nitrogens with zero attached hydrogens (tertiary/aromatic N) is 5. The van der Waals surface area contributed by atoms with Crippen molar-refractivity contribution in [2.24, 2.45) is 5.92 Å². The van der Waals surface area contributed by atoms with Gasteiger partial charge in [0.1, 0.15) is 11.8 Å². The van der Waals surface area contributed by atoms with Crippen LogP contribution in [0.25, 0.3) is 22.2 Å². The van der Waals surface area contributed by atoms with E-state index in [0.717, 1.165) is 0 Å². The average molecular weight is 610 g/mol. The van der Waals surface area contributed by atoms with Gasteiger partial charge in [-0.3, -0.25) is 19.1 Å². The van der Waals surface area contributed by atoms with Crippen LogP contribution in [-0.2, 0) is 27.6 Å². The Balaban J connectivity index is 1.09. The topological polar surface area (TPSA) is 196 Å². The van der Waals surface area contributed by atoms with E-state index < -0.39 is 51.3 Å². The normalized spacial score (nSPS) is 32.6. The lowest BCUT2D eigenvalue weighted by Crippen LogP contribution is -2.29. The molecule has 0 radical (unpaired) electrons. The third-order valence-corrected chi connectivity index (χ3v) is 8.55. The third kappa shape index (κ3) is 4.96. The van der Waals surface area contributed by atoms with Crippen LogP contribution in [-0.4, -0.2) is 78.4 Å². The molecule has 0 amide bonds. The highest BCUT2D eigenvalue weighted by Crippen LogP contribution is 2.42. The van der Waals surface area contributed by atoms with Crippen molar-refractivity contribution >= 4 is 46.2 Å². The molecule has 3 aliphatic rings. The fourth-order valence-electron chi connectivity index (χ4n) is 5.35. The van der Waals surface area contributed by atoms with E-state index in [2.05, 4.69) is 24.9 Å². The molecule has 3 aliphatic heterocycles. The second-order valence-corrected chi connectivity index (χ2v) is 11.2. The Bertz CT molecular complexity index is 1680. The lowest BCUT2D eigenvalue weighted by molar-refractivity contribution is -0.0431. The van der Waals surface area contributed by atoms with Gasteiger partial charge in [0.2, 0.25) is 5.95 Å². The number of nitrogens with one attached hydrogen (secondary N) is 2. The molecule has 0 spiro atoms. The summed E-state index contributed by atoms with van der Waals surface area (Å²) in [5.41, 5.74) is 5.66. The van der Waals surface area contributed by atoms with Crippen molar-refractivity contribution < 1.29 is 32.0 Å². The van der Waals surface area contributed by atoms with Gasteiger partial charge in [0.15, 0.2) is 47.9 Å². The molecule has 9 atom stereocenters. The summed E-state index contributed by atoms with van der Waals surface area (Å²) in [4.78, 5) is 41.9. The summed E-state index contributed by atoms with van der Waals surface area (Å²) in [7, 11) is -0.797. The van der Waals surface area contributed by atoms with E-state index in [4.69, 9.17) is 33.3 Å². The van der Waals surface area contributed by atoms with Crippen LogP contribution >= 0.6 is 18.1 Å². The molecule has 3 saturated heterocycles. The molecular formula is C22H25FN8O8P2. The Hall–Kier alpha value is -2.88. The molecule has 2 unspecified atom stereocenters. The molecule has 3 fully saturated rings. The van der Waals surface area contributed by atoms with Crippen molar-refractivity contribution in [3.63, 3.8) is 0 Å². The lowest BCUT2D eigenvalue weighted by atomic mass is 10.0. The molecule has 4 N–H and O–H groups in total. The first-order valence-corrected chi connectivity index (χ1v) is 14.3. The predicted molar refractivity (Wildman–Crippen MR) is 143 cm³/mol. The second-order valence-electron chi connectivity index (χ2n) is 9.78. The monoisotopic (exact) mass is 610 g/mol. The average Bonchev–Trinajstić information content (AvgIpc) is 3.72. The third-order valence-electron chi connectivity index (χ3n) is 7.30. The molecule has 4 aromatic rings. The number of hydrogen-bond acceptors (Lipinski definition) is 12. The minimum absolute atomic E-state index is 0.0285. The van der Waals surface area contributed by atoms with Gasteiger partial charge < -0.3 is 42.9 Å². The van der Waals surface area contributed by atoms with Gasteiger partial charge in [0, 0.05) is 18.5 Å². The van der Waals surface area contributed by atoms with E-state index in [-0.39, 0.29) is 57.6 Å². The minimum Gasteiger partial charge on any atom is -0.369 e. The number of H-pyrrole nitrogens is 2. The molecule has 19 heteroatoms. The second kappa shape index (κ2) is 11.1. The van der Waals surface area contributed by atoms with Crippen LogP contribution in [0.1, 0.15) is 18.9 Å². The van der Waals surface area contributed by atoms with Crippen LogP contribution in [0.5, 0.6) is 0 Å². The first-order chi connectivity index (χ1) is 20.0. The molecule has 2 bridgehead atoms. The zero-order chi connectivity index (χ0) is 28.1. The highest BCUT2D eigenvalue weighted by Gasteiger charge is 2.47. The van der Waals surface area contributed by atoms with E-state index in [1.807, 2.05) is 0 Å². The first kappa shape index (κ1) is 27.0. The molecule has 4 aromatic heterocycles. The van der Waals surface area contributed by atoms with Crippen molar-refractivity contribution in [2.45, 2.75) is 43.4 Å². The number of hydrogen-bond donors (Lipinski definition) is 3. The van der Waals surface area contributed by atoms with Crippen molar-refractivity contribution in [3.05, 3.63) is 45.6 Å². The van der Waals surface area contributed by atoms with Crippen LogP contribution < -0.4 is 16.9 Å². The number of imidazole rings is 1. The zero-order valence-electron chi connectivity index (χ0n) is 21.1. The van der Waals surface area contributed by atoms with Crippen LogP contribution in [0.3, 0.4) is 0 Å². The number of nitrogen functional groups attached to an aromatic ring is 1. The lowest BCUT2D eigenvalue weighted by Gasteiger charge is -2.21. The molecule has 7 heterocycles. The Kier molecular flexibility index (Phi) is 7.29. The minimum atomic E-state index is -1.47. The summed E-state index contributed by atoms with van der Waals surface area (Å²) in [5.74, 6) is -0.719. The first-order valence-electron chi connectivity index (χ1n) is 12.7. The summed E-state index contributed by atoms with van der Waals surface area (Å²) < 4.78 is 54.5. The number of rotatable bonds is 2. The molecule has 218 valence electrons. The highest BCUT2D eigenvalue weighted by atomic mass is 31.1.